The minimum absolute atomic E-state index is 0.0219. The van der Waals surface area contributed by atoms with E-state index in [1.54, 1.807) is 13.8 Å². The zero-order valence-electron chi connectivity index (χ0n) is 17.8. The maximum atomic E-state index is 12.3. The van der Waals surface area contributed by atoms with Crippen LogP contribution in [0.5, 0.6) is 5.75 Å². The molecule has 0 heterocycles. The van der Waals surface area contributed by atoms with Crippen LogP contribution in [0.2, 0.25) is 0 Å². The number of esters is 1. The number of carbonyl (C=O) groups excluding carboxylic acids is 2. The van der Waals surface area contributed by atoms with Crippen molar-refractivity contribution in [3.63, 3.8) is 0 Å². The molecule has 0 bridgehead atoms. The second-order valence-electron chi connectivity index (χ2n) is 6.98. The summed E-state index contributed by atoms with van der Waals surface area (Å²) in [6, 6.07) is 8.70. The fraction of sp³-hybridized carbons (Fsp3) is 0.300. The van der Waals surface area contributed by atoms with Crippen LogP contribution in [-0.4, -0.2) is 44.5 Å². The molecule has 2 N–H and O–H groups in total. The van der Waals surface area contributed by atoms with Crippen molar-refractivity contribution in [2.24, 2.45) is 0 Å². The van der Waals surface area contributed by atoms with E-state index >= 15 is 0 Å². The summed E-state index contributed by atoms with van der Waals surface area (Å²) in [5.41, 5.74) is -0.244. The number of hydrogen-bond acceptors (Lipinski definition) is 8. The third kappa shape index (κ3) is 6.25. The molecule has 0 aromatic heterocycles. The van der Waals surface area contributed by atoms with Crippen LogP contribution in [0, 0.1) is 10.1 Å². The molecular formula is C20H23N3O8S. The van der Waals surface area contributed by atoms with E-state index in [9.17, 15) is 28.1 Å². The number of rotatable bonds is 9. The van der Waals surface area contributed by atoms with Gasteiger partial charge < -0.3 is 14.8 Å². The molecule has 0 radical (unpaired) electrons. The molecule has 1 unspecified atom stereocenters. The minimum atomic E-state index is -3.67. The van der Waals surface area contributed by atoms with Crippen LogP contribution in [0.3, 0.4) is 0 Å². The highest BCUT2D eigenvalue weighted by atomic mass is 32.2. The first kappa shape index (κ1) is 24.8. The molecule has 1 amide bonds. The van der Waals surface area contributed by atoms with Crippen LogP contribution in [0.15, 0.2) is 47.4 Å². The summed E-state index contributed by atoms with van der Waals surface area (Å²) in [7, 11) is -2.41. The monoisotopic (exact) mass is 465 g/mol. The van der Waals surface area contributed by atoms with Crippen molar-refractivity contribution in [3.8, 4) is 5.75 Å². The lowest BCUT2D eigenvalue weighted by Gasteiger charge is -2.14. The van der Waals surface area contributed by atoms with Gasteiger partial charge in [-0.15, -0.1) is 0 Å². The molecule has 0 aliphatic rings. The van der Waals surface area contributed by atoms with Crippen LogP contribution in [0.25, 0.3) is 0 Å². The van der Waals surface area contributed by atoms with Gasteiger partial charge in [0.25, 0.3) is 5.91 Å². The van der Waals surface area contributed by atoms with Gasteiger partial charge >= 0.3 is 11.7 Å². The largest absolute Gasteiger partial charge is 0.490 e. The van der Waals surface area contributed by atoms with Gasteiger partial charge in [0.15, 0.2) is 11.9 Å². The number of benzene rings is 2. The van der Waals surface area contributed by atoms with Crippen LogP contribution < -0.4 is 14.8 Å². The molecular weight excluding hydrogens is 442 g/mol. The van der Waals surface area contributed by atoms with Crippen molar-refractivity contribution < 1.29 is 32.4 Å². The third-order valence-electron chi connectivity index (χ3n) is 4.09. The van der Waals surface area contributed by atoms with Gasteiger partial charge in [0, 0.05) is 17.8 Å². The Hall–Kier alpha value is -3.51. The van der Waals surface area contributed by atoms with Crippen molar-refractivity contribution in [2.75, 3.05) is 12.4 Å². The van der Waals surface area contributed by atoms with E-state index in [0.717, 1.165) is 6.07 Å². The van der Waals surface area contributed by atoms with Gasteiger partial charge in [-0.3, -0.25) is 14.9 Å². The summed E-state index contributed by atoms with van der Waals surface area (Å²) in [4.78, 5) is 35.1. The zero-order valence-corrected chi connectivity index (χ0v) is 18.6. The normalized spacial score (nSPS) is 12.2. The third-order valence-corrected chi connectivity index (χ3v) is 5.76. The Bertz CT molecular complexity index is 1110. The van der Waals surface area contributed by atoms with Gasteiger partial charge in [-0.2, -0.15) is 0 Å². The maximum Gasteiger partial charge on any atom is 0.339 e. The van der Waals surface area contributed by atoms with E-state index in [0.29, 0.717) is 5.69 Å². The number of hydrogen-bond donors (Lipinski definition) is 2. The first-order valence-corrected chi connectivity index (χ1v) is 10.9. The number of carbonyl (C=O) groups is 2. The van der Waals surface area contributed by atoms with E-state index in [2.05, 4.69) is 10.0 Å². The molecule has 1 atom stereocenters. The fourth-order valence-electron chi connectivity index (χ4n) is 2.58. The SMILES string of the molecule is COc1ccc(C(=O)OC(C)C(=O)Nc2ccc(S(=O)(=O)NC(C)C)cc2)cc1[N+](=O)[O-]. The summed E-state index contributed by atoms with van der Waals surface area (Å²) in [6.07, 6.45) is -1.23. The highest BCUT2D eigenvalue weighted by molar-refractivity contribution is 7.89. The van der Waals surface area contributed by atoms with Crippen molar-refractivity contribution in [3.05, 3.63) is 58.1 Å². The molecule has 0 fully saturated rings. The van der Waals surface area contributed by atoms with Crippen LogP contribution in [0.4, 0.5) is 11.4 Å². The molecule has 2 rings (SSSR count). The average Bonchev–Trinajstić information content (AvgIpc) is 2.72. The second-order valence-corrected chi connectivity index (χ2v) is 8.69. The van der Waals surface area contributed by atoms with E-state index in [1.807, 2.05) is 0 Å². The summed E-state index contributed by atoms with van der Waals surface area (Å²) >= 11 is 0. The maximum absolute atomic E-state index is 12.3. The van der Waals surface area contributed by atoms with E-state index < -0.39 is 38.6 Å². The summed E-state index contributed by atoms with van der Waals surface area (Å²) < 4.78 is 36.7. The molecule has 0 saturated heterocycles. The Balaban J connectivity index is 2.05. The van der Waals surface area contributed by atoms with Crippen LogP contribution in [0.1, 0.15) is 31.1 Å². The second kappa shape index (κ2) is 10.2. The number of nitrogens with one attached hydrogen (secondary N) is 2. The first-order valence-electron chi connectivity index (χ1n) is 9.41. The summed E-state index contributed by atoms with van der Waals surface area (Å²) in [5.74, 6) is -1.62. The minimum Gasteiger partial charge on any atom is -0.490 e. The van der Waals surface area contributed by atoms with Gasteiger partial charge in [0.2, 0.25) is 10.0 Å². The van der Waals surface area contributed by atoms with Gasteiger partial charge in [0.1, 0.15) is 0 Å². The topological polar surface area (TPSA) is 154 Å². The van der Waals surface area contributed by atoms with Gasteiger partial charge in [-0.1, -0.05) is 0 Å². The number of nitro groups is 1. The first-order chi connectivity index (χ1) is 14.9. The number of nitrogens with zero attached hydrogens (tertiary/aromatic N) is 1. The molecule has 11 nitrogen and oxygen atoms in total. The Labute approximate surface area is 184 Å². The van der Waals surface area contributed by atoms with Crippen LogP contribution in [-0.2, 0) is 19.6 Å². The molecule has 32 heavy (non-hydrogen) atoms. The van der Waals surface area contributed by atoms with E-state index in [4.69, 9.17) is 9.47 Å². The molecule has 12 heteroatoms. The lowest BCUT2D eigenvalue weighted by Crippen LogP contribution is -2.30. The number of ether oxygens (including phenoxy) is 2. The summed E-state index contributed by atoms with van der Waals surface area (Å²) in [6.45, 7) is 4.72. The molecule has 2 aromatic rings. The standard InChI is InChI=1S/C20H23N3O8S/c1-12(2)22-32(28,29)16-8-6-15(7-9-16)21-19(24)13(3)31-20(25)14-5-10-18(30-4)17(11-14)23(26)27/h5-13,22H,1-4H3,(H,21,24). The smallest absolute Gasteiger partial charge is 0.339 e. The van der Waals surface area contributed by atoms with E-state index in [1.165, 1.54) is 50.4 Å². The molecule has 0 saturated carbocycles. The molecule has 0 aliphatic heterocycles. The van der Waals surface area contributed by atoms with E-state index in [-0.39, 0.29) is 22.3 Å². The lowest BCUT2D eigenvalue weighted by atomic mass is 10.2. The Morgan fingerprint density at radius 2 is 1.69 bits per heavy atom. The lowest BCUT2D eigenvalue weighted by molar-refractivity contribution is -0.385. The average molecular weight is 465 g/mol. The van der Waals surface area contributed by atoms with Crippen molar-refractivity contribution >= 4 is 33.3 Å². The number of methoxy groups -OCH3 is 1. The fourth-order valence-corrected chi connectivity index (χ4v) is 3.83. The highest BCUT2D eigenvalue weighted by Crippen LogP contribution is 2.28. The van der Waals surface area contributed by atoms with Gasteiger partial charge in [-0.25, -0.2) is 17.9 Å². The molecule has 0 aliphatic carbocycles. The molecule has 0 spiro atoms. The quantitative estimate of drug-likeness (QED) is 0.325. The molecule has 2 aromatic carbocycles. The van der Waals surface area contributed by atoms with Gasteiger partial charge in [0.05, 0.1) is 22.5 Å². The van der Waals surface area contributed by atoms with Crippen molar-refractivity contribution in [1.82, 2.24) is 4.72 Å². The van der Waals surface area contributed by atoms with Gasteiger partial charge in [-0.05, 0) is 57.2 Å². The Kier molecular flexibility index (Phi) is 7.89. The van der Waals surface area contributed by atoms with Crippen LogP contribution >= 0.6 is 0 Å². The number of sulfonamides is 1. The summed E-state index contributed by atoms with van der Waals surface area (Å²) in [5, 5.41) is 13.6. The predicted octanol–water partition coefficient (Wildman–Crippen LogP) is 2.47. The number of nitro benzene ring substituents is 1. The number of amides is 1. The number of anilines is 1. The zero-order chi connectivity index (χ0) is 24.1. The molecule has 172 valence electrons. The Morgan fingerprint density at radius 1 is 1.06 bits per heavy atom. The predicted molar refractivity (Wildman–Crippen MR) is 115 cm³/mol. The highest BCUT2D eigenvalue weighted by Gasteiger charge is 2.23. The van der Waals surface area contributed by atoms with Crippen molar-refractivity contribution in [2.45, 2.75) is 37.8 Å². The Morgan fingerprint density at radius 3 is 2.22 bits per heavy atom. The van der Waals surface area contributed by atoms with Crippen molar-refractivity contribution in [1.29, 1.82) is 0 Å².